The lowest BCUT2D eigenvalue weighted by Crippen LogP contribution is -2.07. The summed E-state index contributed by atoms with van der Waals surface area (Å²) in [7, 11) is 0. The van der Waals surface area contributed by atoms with E-state index in [2.05, 4.69) is 6.07 Å². The zero-order chi connectivity index (χ0) is 16.2. The Morgan fingerprint density at radius 3 is 2.48 bits per heavy atom. The molecule has 116 valence electrons. The van der Waals surface area contributed by atoms with Gasteiger partial charge in [0, 0.05) is 23.6 Å². The number of benzene rings is 2. The molecule has 0 radical (unpaired) electrons. The van der Waals surface area contributed by atoms with E-state index in [1.54, 1.807) is 30.3 Å². The number of Topliss-reactive ketones (excluding diaryl/α,β-unsaturated/α-hetero) is 1. The molecular weight excluding hydrogens is 288 g/mol. The molecule has 2 aromatic carbocycles. The van der Waals surface area contributed by atoms with Crippen LogP contribution in [0, 0.1) is 0 Å². The van der Waals surface area contributed by atoms with Gasteiger partial charge in [-0.15, -0.1) is 0 Å². The highest BCUT2D eigenvalue weighted by Crippen LogP contribution is 2.27. The quantitative estimate of drug-likeness (QED) is 0.798. The molecule has 1 aliphatic carbocycles. The van der Waals surface area contributed by atoms with Gasteiger partial charge in [-0.3, -0.25) is 9.59 Å². The highest BCUT2D eigenvalue weighted by atomic mass is 16.5. The molecule has 0 unspecified atom stereocenters. The molecule has 0 atom stereocenters. The molecule has 0 N–H and O–H groups in total. The average Bonchev–Trinajstić information content (AvgIpc) is 2.54. The maximum absolute atomic E-state index is 12.0. The molecule has 3 rings (SSSR count). The van der Waals surface area contributed by atoms with Crippen LogP contribution < -0.4 is 4.74 Å². The molecular formula is C20H18O3. The number of aryl methyl sites for hydroxylation is 1. The maximum atomic E-state index is 12.0. The van der Waals surface area contributed by atoms with E-state index in [9.17, 15) is 9.59 Å². The monoisotopic (exact) mass is 306 g/mol. The third kappa shape index (κ3) is 3.57. The number of hydrogen-bond acceptors (Lipinski definition) is 3. The summed E-state index contributed by atoms with van der Waals surface area (Å²) in [5.74, 6) is 1.28. The van der Waals surface area contributed by atoms with Crippen LogP contribution in [0.1, 0.15) is 41.3 Å². The summed E-state index contributed by atoms with van der Waals surface area (Å²) < 4.78 is 5.95. The first kappa shape index (κ1) is 15.2. The molecule has 1 aliphatic rings. The van der Waals surface area contributed by atoms with Crippen LogP contribution in [0.5, 0.6) is 5.75 Å². The number of ether oxygens (including phenoxy) is 1. The van der Waals surface area contributed by atoms with Crippen molar-refractivity contribution >= 4 is 17.3 Å². The smallest absolute Gasteiger partial charge is 0.159 e. The van der Waals surface area contributed by atoms with E-state index >= 15 is 0 Å². The fourth-order valence-electron chi connectivity index (χ4n) is 2.70. The van der Waals surface area contributed by atoms with Crippen LogP contribution in [0.4, 0.5) is 0 Å². The molecule has 0 spiro atoms. The van der Waals surface area contributed by atoms with E-state index in [4.69, 9.17) is 4.74 Å². The van der Waals surface area contributed by atoms with Gasteiger partial charge < -0.3 is 4.74 Å². The van der Waals surface area contributed by atoms with Gasteiger partial charge in [-0.25, -0.2) is 0 Å². The molecule has 0 heterocycles. The highest BCUT2D eigenvalue weighted by molar-refractivity contribution is 5.96. The van der Waals surface area contributed by atoms with E-state index in [0.717, 1.165) is 18.4 Å². The molecule has 0 aliphatic heterocycles. The lowest BCUT2D eigenvalue weighted by molar-refractivity contribution is -0.114. The predicted octanol–water partition coefficient (Wildman–Crippen LogP) is 4.21. The Balaban J connectivity index is 1.94. The Hall–Kier alpha value is -2.68. The predicted molar refractivity (Wildman–Crippen MR) is 89.4 cm³/mol. The first-order valence-electron chi connectivity index (χ1n) is 7.75. The minimum absolute atomic E-state index is 0.0160. The number of fused-ring (bicyclic) bond motifs is 1. The number of carbonyl (C=O) groups excluding carboxylic acids is 2. The van der Waals surface area contributed by atoms with Gasteiger partial charge in [0.15, 0.2) is 11.6 Å². The summed E-state index contributed by atoms with van der Waals surface area (Å²) in [6, 6.07) is 15.0. The molecule has 23 heavy (non-hydrogen) atoms. The van der Waals surface area contributed by atoms with Gasteiger partial charge in [-0.05, 0) is 49.6 Å². The normalized spacial score (nSPS) is 16.6. The standard InChI is InChI=1S/C20H18O3/c1-14(21)15-9-11-18(12-10-15)23-20-13-17(22)7-4-6-16-5-2-3-8-19(16)20/h2-3,5,8-13H,4,6-7H2,1H3/b20-13+. The first-order chi connectivity index (χ1) is 11.1. The highest BCUT2D eigenvalue weighted by Gasteiger charge is 2.15. The third-order valence-corrected chi connectivity index (χ3v) is 3.93. The van der Waals surface area contributed by atoms with Crippen molar-refractivity contribution in [3.05, 3.63) is 71.3 Å². The molecule has 0 saturated heterocycles. The summed E-state index contributed by atoms with van der Waals surface area (Å²) in [5.41, 5.74) is 2.78. The van der Waals surface area contributed by atoms with Crippen molar-refractivity contribution in [1.29, 1.82) is 0 Å². The molecule has 0 aromatic heterocycles. The molecule has 3 heteroatoms. The van der Waals surface area contributed by atoms with Crippen LogP contribution in [0.15, 0.2) is 54.6 Å². The molecule has 0 fully saturated rings. The van der Waals surface area contributed by atoms with Crippen molar-refractivity contribution in [3.8, 4) is 5.75 Å². The van der Waals surface area contributed by atoms with E-state index in [1.807, 2.05) is 18.2 Å². The van der Waals surface area contributed by atoms with Crippen molar-refractivity contribution < 1.29 is 14.3 Å². The Morgan fingerprint density at radius 2 is 1.74 bits per heavy atom. The number of carbonyl (C=O) groups is 2. The first-order valence-corrected chi connectivity index (χ1v) is 7.75. The molecule has 0 amide bonds. The fraction of sp³-hybridized carbons (Fsp3) is 0.200. The summed E-state index contributed by atoms with van der Waals surface area (Å²) in [6.07, 6.45) is 3.83. The summed E-state index contributed by atoms with van der Waals surface area (Å²) in [6.45, 7) is 1.53. The third-order valence-electron chi connectivity index (χ3n) is 3.93. The molecule has 3 nitrogen and oxygen atoms in total. The van der Waals surface area contributed by atoms with Crippen LogP contribution in [-0.2, 0) is 11.2 Å². The maximum Gasteiger partial charge on any atom is 0.159 e. The molecule has 2 aromatic rings. The van der Waals surface area contributed by atoms with E-state index in [1.165, 1.54) is 12.5 Å². The molecule has 0 saturated carbocycles. The van der Waals surface area contributed by atoms with Crippen molar-refractivity contribution in [1.82, 2.24) is 0 Å². The SMILES string of the molecule is CC(=O)c1ccc(O/C2=C/C(=O)CCCc3ccccc32)cc1. The number of ketones is 2. The second-order valence-corrected chi connectivity index (χ2v) is 5.67. The number of hydrogen-bond donors (Lipinski definition) is 0. The van der Waals surface area contributed by atoms with Crippen LogP contribution in [0.25, 0.3) is 5.76 Å². The zero-order valence-corrected chi connectivity index (χ0v) is 13.0. The second-order valence-electron chi connectivity index (χ2n) is 5.67. The van der Waals surface area contributed by atoms with Gasteiger partial charge in [0.05, 0.1) is 0 Å². The summed E-state index contributed by atoms with van der Waals surface area (Å²) in [4.78, 5) is 23.3. The average molecular weight is 306 g/mol. The van der Waals surface area contributed by atoms with Crippen LogP contribution in [-0.4, -0.2) is 11.6 Å². The summed E-state index contributed by atoms with van der Waals surface area (Å²) in [5, 5.41) is 0. The number of rotatable bonds is 3. The van der Waals surface area contributed by atoms with Crippen molar-refractivity contribution in [2.24, 2.45) is 0 Å². The van der Waals surface area contributed by atoms with Crippen molar-refractivity contribution in [2.75, 3.05) is 0 Å². The Morgan fingerprint density at radius 1 is 1.00 bits per heavy atom. The Bertz CT molecular complexity index is 770. The Kier molecular flexibility index (Phi) is 4.38. The second kappa shape index (κ2) is 6.61. The van der Waals surface area contributed by atoms with E-state index < -0.39 is 0 Å². The largest absolute Gasteiger partial charge is 0.457 e. The number of allylic oxidation sites excluding steroid dienone is 1. The topological polar surface area (TPSA) is 43.4 Å². The van der Waals surface area contributed by atoms with Gasteiger partial charge in [0.2, 0.25) is 0 Å². The van der Waals surface area contributed by atoms with Gasteiger partial charge in [0.25, 0.3) is 0 Å². The van der Waals surface area contributed by atoms with Crippen molar-refractivity contribution in [2.45, 2.75) is 26.2 Å². The van der Waals surface area contributed by atoms with Gasteiger partial charge in [-0.1, -0.05) is 24.3 Å². The minimum Gasteiger partial charge on any atom is -0.457 e. The van der Waals surface area contributed by atoms with Crippen LogP contribution >= 0.6 is 0 Å². The van der Waals surface area contributed by atoms with Crippen LogP contribution in [0.3, 0.4) is 0 Å². The van der Waals surface area contributed by atoms with E-state index in [-0.39, 0.29) is 11.6 Å². The minimum atomic E-state index is 0.0160. The zero-order valence-electron chi connectivity index (χ0n) is 13.0. The molecule has 0 bridgehead atoms. The lowest BCUT2D eigenvalue weighted by Gasteiger charge is -2.16. The lowest BCUT2D eigenvalue weighted by atomic mass is 9.96. The van der Waals surface area contributed by atoms with E-state index in [0.29, 0.717) is 23.5 Å². The van der Waals surface area contributed by atoms with Gasteiger partial charge in [0.1, 0.15) is 11.5 Å². The van der Waals surface area contributed by atoms with Gasteiger partial charge >= 0.3 is 0 Å². The fourth-order valence-corrected chi connectivity index (χ4v) is 2.70. The van der Waals surface area contributed by atoms with Crippen molar-refractivity contribution in [3.63, 3.8) is 0 Å². The van der Waals surface area contributed by atoms with Crippen LogP contribution in [0.2, 0.25) is 0 Å². The van der Waals surface area contributed by atoms with Gasteiger partial charge in [-0.2, -0.15) is 0 Å². The summed E-state index contributed by atoms with van der Waals surface area (Å²) >= 11 is 0. The Labute approximate surface area is 135 Å².